The number of aliphatic hydroxyl groups is 1. The Balaban J connectivity index is 1.80. The molecule has 1 aromatic heterocycles. The molecule has 0 amide bonds. The first-order chi connectivity index (χ1) is 11.2. The van der Waals surface area contributed by atoms with Gasteiger partial charge in [0.2, 0.25) is 5.69 Å². The number of β-amino-alcohol motifs (C(OH)–C–C–N with tert-alkyl or cyclic N) is 1. The third-order valence-electron chi connectivity index (χ3n) is 3.85. The van der Waals surface area contributed by atoms with Crippen LogP contribution >= 0.6 is 11.6 Å². The topological polar surface area (TPSA) is 81.2 Å². The van der Waals surface area contributed by atoms with E-state index >= 15 is 0 Å². The Labute approximate surface area is 139 Å². The molecule has 0 aliphatic carbocycles. The minimum absolute atomic E-state index is 0.163. The van der Waals surface area contributed by atoms with E-state index in [4.69, 9.17) is 16.7 Å². The highest BCUT2D eigenvalue weighted by atomic mass is 35.5. The molecule has 0 bridgehead atoms. The van der Waals surface area contributed by atoms with Crippen molar-refractivity contribution in [2.45, 2.75) is 0 Å². The standard InChI is InChI=1S/C15H17ClN6O/c16-12-1-3-13(4-2-12)22-18-14(11-17)15(19-22)21-7-5-20(6-8-21)9-10-23/h1-4,23H,5-10H2. The third-order valence-corrected chi connectivity index (χ3v) is 4.10. The maximum atomic E-state index is 9.33. The molecule has 7 nitrogen and oxygen atoms in total. The fourth-order valence-corrected chi connectivity index (χ4v) is 2.72. The molecule has 1 aliphatic heterocycles. The second-order valence-electron chi connectivity index (χ2n) is 5.30. The van der Waals surface area contributed by atoms with Gasteiger partial charge in [0, 0.05) is 37.7 Å². The van der Waals surface area contributed by atoms with Gasteiger partial charge in [-0.15, -0.1) is 15.0 Å². The zero-order valence-electron chi connectivity index (χ0n) is 12.6. The van der Waals surface area contributed by atoms with Crippen LogP contribution in [0, 0.1) is 11.3 Å². The highest BCUT2D eigenvalue weighted by Gasteiger charge is 2.23. The van der Waals surface area contributed by atoms with Gasteiger partial charge in [-0.1, -0.05) is 11.6 Å². The molecule has 0 saturated carbocycles. The van der Waals surface area contributed by atoms with Gasteiger partial charge >= 0.3 is 0 Å². The number of nitriles is 1. The van der Waals surface area contributed by atoms with E-state index in [-0.39, 0.29) is 6.61 Å². The quantitative estimate of drug-likeness (QED) is 0.896. The SMILES string of the molecule is N#Cc1nn(-c2ccc(Cl)cc2)nc1N1CCN(CCO)CC1. The van der Waals surface area contributed by atoms with Crippen LogP contribution in [0.1, 0.15) is 5.69 Å². The third kappa shape index (κ3) is 3.45. The maximum absolute atomic E-state index is 9.33. The summed E-state index contributed by atoms with van der Waals surface area (Å²) in [5, 5.41) is 27.7. The number of rotatable bonds is 4. The number of anilines is 1. The van der Waals surface area contributed by atoms with Crippen LogP contribution < -0.4 is 4.90 Å². The van der Waals surface area contributed by atoms with Gasteiger partial charge in [-0.3, -0.25) is 4.90 Å². The molecule has 1 aromatic carbocycles. The Kier molecular flexibility index (Phi) is 4.76. The fourth-order valence-electron chi connectivity index (χ4n) is 2.60. The van der Waals surface area contributed by atoms with Crippen molar-refractivity contribution in [3.8, 4) is 11.8 Å². The number of nitrogens with zero attached hydrogens (tertiary/aromatic N) is 6. The predicted octanol–water partition coefficient (Wildman–Crippen LogP) is 0.907. The van der Waals surface area contributed by atoms with Gasteiger partial charge in [-0.25, -0.2) is 0 Å². The van der Waals surface area contributed by atoms with Crippen LogP contribution in [-0.4, -0.2) is 64.3 Å². The minimum Gasteiger partial charge on any atom is -0.395 e. The summed E-state index contributed by atoms with van der Waals surface area (Å²) in [6, 6.07) is 9.27. The van der Waals surface area contributed by atoms with Crippen LogP contribution in [0.25, 0.3) is 5.69 Å². The van der Waals surface area contributed by atoms with Crippen LogP contribution in [0.5, 0.6) is 0 Å². The largest absolute Gasteiger partial charge is 0.395 e. The average Bonchev–Trinajstić information content (AvgIpc) is 3.01. The molecule has 2 heterocycles. The van der Waals surface area contributed by atoms with Crippen LogP contribution in [0.4, 0.5) is 5.82 Å². The van der Waals surface area contributed by atoms with Gasteiger partial charge in [0.1, 0.15) is 6.07 Å². The zero-order valence-corrected chi connectivity index (χ0v) is 13.3. The Morgan fingerprint density at radius 3 is 2.43 bits per heavy atom. The van der Waals surface area contributed by atoms with E-state index in [0.29, 0.717) is 23.1 Å². The molecular weight excluding hydrogens is 316 g/mol. The number of benzene rings is 1. The highest BCUT2D eigenvalue weighted by Crippen LogP contribution is 2.20. The minimum atomic E-state index is 0.163. The summed E-state index contributed by atoms with van der Waals surface area (Å²) in [5.74, 6) is 0.603. The number of hydrogen-bond acceptors (Lipinski definition) is 6. The van der Waals surface area contributed by atoms with E-state index in [1.165, 1.54) is 4.80 Å². The Hall–Kier alpha value is -2.14. The van der Waals surface area contributed by atoms with Crippen molar-refractivity contribution in [3.05, 3.63) is 35.0 Å². The molecule has 3 rings (SSSR count). The molecular formula is C15H17ClN6O. The highest BCUT2D eigenvalue weighted by molar-refractivity contribution is 6.30. The van der Waals surface area contributed by atoms with Crippen LogP contribution in [0.2, 0.25) is 5.02 Å². The van der Waals surface area contributed by atoms with Gasteiger partial charge in [0.25, 0.3) is 0 Å². The molecule has 2 aromatic rings. The molecule has 1 saturated heterocycles. The van der Waals surface area contributed by atoms with Crippen LogP contribution in [0.3, 0.4) is 0 Å². The monoisotopic (exact) mass is 332 g/mol. The molecule has 1 aliphatic rings. The number of halogens is 1. The molecule has 1 N–H and O–H groups in total. The lowest BCUT2D eigenvalue weighted by atomic mass is 10.3. The van der Waals surface area contributed by atoms with Crippen molar-refractivity contribution in [1.82, 2.24) is 19.9 Å². The van der Waals surface area contributed by atoms with Crippen molar-refractivity contribution in [2.75, 3.05) is 44.2 Å². The second-order valence-corrected chi connectivity index (χ2v) is 5.74. The summed E-state index contributed by atoms with van der Waals surface area (Å²) in [4.78, 5) is 5.71. The molecule has 23 heavy (non-hydrogen) atoms. The average molecular weight is 333 g/mol. The Bertz CT molecular complexity index is 700. The maximum Gasteiger partial charge on any atom is 0.207 e. The van der Waals surface area contributed by atoms with Gasteiger partial charge in [0.15, 0.2) is 5.82 Å². The lowest BCUT2D eigenvalue weighted by Crippen LogP contribution is -2.47. The number of aliphatic hydroxyl groups excluding tert-OH is 1. The molecule has 0 spiro atoms. The van der Waals surface area contributed by atoms with Crippen molar-refractivity contribution in [3.63, 3.8) is 0 Å². The lowest BCUT2D eigenvalue weighted by Gasteiger charge is -2.34. The van der Waals surface area contributed by atoms with Gasteiger partial charge in [-0.05, 0) is 24.3 Å². The smallest absolute Gasteiger partial charge is 0.207 e. The second kappa shape index (κ2) is 6.96. The van der Waals surface area contributed by atoms with Gasteiger partial charge < -0.3 is 10.0 Å². The molecule has 0 radical (unpaired) electrons. The first-order valence-corrected chi connectivity index (χ1v) is 7.80. The Morgan fingerprint density at radius 1 is 1.13 bits per heavy atom. The fraction of sp³-hybridized carbons (Fsp3) is 0.400. The lowest BCUT2D eigenvalue weighted by molar-refractivity contribution is 0.188. The first-order valence-electron chi connectivity index (χ1n) is 7.43. The molecule has 0 atom stereocenters. The normalized spacial score (nSPS) is 15.6. The number of hydrogen-bond donors (Lipinski definition) is 1. The number of aromatic nitrogens is 3. The van der Waals surface area contributed by atoms with Crippen molar-refractivity contribution < 1.29 is 5.11 Å². The van der Waals surface area contributed by atoms with E-state index in [2.05, 4.69) is 26.1 Å². The van der Waals surface area contributed by atoms with Crippen molar-refractivity contribution >= 4 is 17.4 Å². The summed E-state index contributed by atoms with van der Waals surface area (Å²) in [6.45, 7) is 4.02. The zero-order chi connectivity index (χ0) is 16.2. The summed E-state index contributed by atoms with van der Waals surface area (Å²) >= 11 is 5.89. The molecule has 0 unspecified atom stereocenters. The molecule has 120 valence electrons. The summed E-state index contributed by atoms with van der Waals surface area (Å²) < 4.78 is 0. The van der Waals surface area contributed by atoms with E-state index in [9.17, 15) is 5.26 Å². The first kappa shape index (κ1) is 15.7. The van der Waals surface area contributed by atoms with E-state index in [0.717, 1.165) is 31.9 Å². The van der Waals surface area contributed by atoms with E-state index < -0.39 is 0 Å². The summed E-state index contributed by atoms with van der Waals surface area (Å²) in [7, 11) is 0. The molecule has 1 fully saturated rings. The van der Waals surface area contributed by atoms with Gasteiger partial charge in [0.05, 0.1) is 12.3 Å². The van der Waals surface area contributed by atoms with E-state index in [1.54, 1.807) is 12.1 Å². The van der Waals surface area contributed by atoms with Crippen LogP contribution in [-0.2, 0) is 0 Å². The van der Waals surface area contributed by atoms with Crippen molar-refractivity contribution in [2.24, 2.45) is 0 Å². The Morgan fingerprint density at radius 2 is 1.83 bits per heavy atom. The van der Waals surface area contributed by atoms with Crippen LogP contribution in [0.15, 0.2) is 24.3 Å². The summed E-state index contributed by atoms with van der Waals surface area (Å²) in [5.41, 5.74) is 1.08. The number of piperazine rings is 1. The van der Waals surface area contributed by atoms with E-state index in [1.807, 2.05) is 12.1 Å². The summed E-state index contributed by atoms with van der Waals surface area (Å²) in [6.07, 6.45) is 0. The molecule has 8 heteroatoms. The predicted molar refractivity (Wildman–Crippen MR) is 86.8 cm³/mol. The van der Waals surface area contributed by atoms with Gasteiger partial charge in [-0.2, -0.15) is 5.26 Å². The van der Waals surface area contributed by atoms with Crippen molar-refractivity contribution in [1.29, 1.82) is 5.26 Å².